The molecule has 0 aliphatic rings. The Kier molecular flexibility index (Phi) is 5.06. The molecule has 6 nitrogen and oxygen atoms in total. The Hall–Kier alpha value is 0.0300. The molecule has 0 atom stereocenters. The standard InChI is InChI=1S/C6H18N3O3P/c1-7(2)13(12,8(3)4)9(5-10)6-11/h10-11H,5-6H2,1-4H3. The Balaban J connectivity index is 4.88. The van der Waals surface area contributed by atoms with Gasteiger partial charge >= 0.3 is 0 Å². The van der Waals surface area contributed by atoms with Gasteiger partial charge in [-0.3, -0.25) is 4.57 Å². The largest absolute Gasteiger partial charge is 0.381 e. The maximum absolute atomic E-state index is 12.2. The normalized spacial score (nSPS) is 13.3. The van der Waals surface area contributed by atoms with E-state index in [1.54, 1.807) is 28.2 Å². The van der Waals surface area contributed by atoms with E-state index in [-0.39, 0.29) is 0 Å². The van der Waals surface area contributed by atoms with Crippen LogP contribution in [0.25, 0.3) is 0 Å². The van der Waals surface area contributed by atoms with Crippen molar-refractivity contribution in [3.05, 3.63) is 0 Å². The number of hydrogen-bond acceptors (Lipinski definition) is 3. The lowest BCUT2D eigenvalue weighted by Crippen LogP contribution is -2.36. The molecule has 7 heteroatoms. The Morgan fingerprint density at radius 1 is 1.00 bits per heavy atom. The van der Waals surface area contributed by atoms with Gasteiger partial charge < -0.3 is 10.2 Å². The highest BCUT2D eigenvalue weighted by Crippen LogP contribution is 2.52. The van der Waals surface area contributed by atoms with Gasteiger partial charge in [-0.1, -0.05) is 0 Å². The van der Waals surface area contributed by atoms with Gasteiger partial charge in [0.15, 0.2) is 0 Å². The Morgan fingerprint density at radius 3 is 1.38 bits per heavy atom. The first-order valence-electron chi connectivity index (χ1n) is 3.84. The molecule has 0 spiro atoms. The van der Waals surface area contributed by atoms with Gasteiger partial charge in [-0.15, -0.1) is 0 Å². The molecular formula is C6H18N3O3P. The van der Waals surface area contributed by atoms with Crippen molar-refractivity contribution in [1.29, 1.82) is 0 Å². The molecule has 0 heterocycles. The van der Waals surface area contributed by atoms with E-state index in [2.05, 4.69) is 0 Å². The molecule has 0 aromatic carbocycles. The summed E-state index contributed by atoms with van der Waals surface area (Å²) in [6, 6.07) is 0. The highest BCUT2D eigenvalue weighted by atomic mass is 31.2. The smallest absolute Gasteiger partial charge is 0.289 e. The van der Waals surface area contributed by atoms with Crippen LogP contribution in [0.1, 0.15) is 0 Å². The molecule has 0 fully saturated rings. The lowest BCUT2D eigenvalue weighted by Gasteiger charge is -2.36. The van der Waals surface area contributed by atoms with Crippen LogP contribution in [0, 0.1) is 0 Å². The molecule has 0 radical (unpaired) electrons. The van der Waals surface area contributed by atoms with Crippen LogP contribution in [0.3, 0.4) is 0 Å². The summed E-state index contributed by atoms with van der Waals surface area (Å²) in [7, 11) is 3.58. The Labute approximate surface area is 78.9 Å². The second-order valence-electron chi connectivity index (χ2n) is 3.00. The monoisotopic (exact) mass is 211 g/mol. The van der Waals surface area contributed by atoms with Crippen molar-refractivity contribution < 1.29 is 14.8 Å². The molecule has 0 saturated heterocycles. The van der Waals surface area contributed by atoms with Gasteiger partial charge in [-0.25, -0.2) is 9.34 Å². The van der Waals surface area contributed by atoms with Crippen LogP contribution >= 0.6 is 7.59 Å². The van der Waals surface area contributed by atoms with Gasteiger partial charge in [0, 0.05) is 0 Å². The van der Waals surface area contributed by atoms with Gasteiger partial charge in [0.2, 0.25) is 0 Å². The minimum atomic E-state index is -2.97. The molecule has 0 amide bonds. The molecule has 0 aliphatic heterocycles. The zero-order valence-electron chi connectivity index (χ0n) is 8.51. The quantitative estimate of drug-likeness (QED) is 0.468. The fourth-order valence-corrected chi connectivity index (χ4v) is 3.13. The van der Waals surface area contributed by atoms with E-state index in [0.29, 0.717) is 0 Å². The molecule has 0 aromatic rings. The Morgan fingerprint density at radius 2 is 1.31 bits per heavy atom. The van der Waals surface area contributed by atoms with E-state index >= 15 is 0 Å². The SMILES string of the molecule is CN(C)P(=O)(N(C)C)N(CO)CO. The van der Waals surface area contributed by atoms with Crippen LogP contribution in [-0.4, -0.2) is 65.9 Å². The molecule has 13 heavy (non-hydrogen) atoms. The molecule has 0 rings (SSSR count). The summed E-state index contributed by atoms with van der Waals surface area (Å²) in [5, 5.41) is 17.8. The highest BCUT2D eigenvalue weighted by molar-refractivity contribution is 7.56. The molecular weight excluding hydrogens is 193 g/mol. The third-order valence-electron chi connectivity index (χ3n) is 1.74. The first kappa shape index (κ1) is 13.0. The van der Waals surface area contributed by atoms with Gasteiger partial charge in [-0.2, -0.15) is 4.67 Å². The highest BCUT2D eigenvalue weighted by Gasteiger charge is 2.34. The molecule has 0 bridgehead atoms. The van der Waals surface area contributed by atoms with Gasteiger partial charge in [0.25, 0.3) is 7.59 Å². The third kappa shape index (κ3) is 2.49. The second kappa shape index (κ2) is 5.05. The summed E-state index contributed by atoms with van der Waals surface area (Å²) in [4.78, 5) is 0. The average molecular weight is 211 g/mol. The van der Waals surface area contributed by atoms with Gasteiger partial charge in [0.1, 0.15) is 13.5 Å². The number of nitrogens with zero attached hydrogens (tertiary/aromatic N) is 3. The third-order valence-corrected chi connectivity index (χ3v) is 4.81. The van der Waals surface area contributed by atoms with Crippen molar-refractivity contribution in [2.75, 3.05) is 41.7 Å². The first-order chi connectivity index (χ1) is 5.91. The predicted molar refractivity (Wildman–Crippen MR) is 51.0 cm³/mol. The minimum absolute atomic E-state index is 0.440. The maximum Gasteiger partial charge on any atom is 0.289 e. The first-order valence-corrected chi connectivity index (χ1v) is 5.40. The van der Waals surface area contributed by atoms with Crippen molar-refractivity contribution in [2.45, 2.75) is 0 Å². The lowest BCUT2D eigenvalue weighted by molar-refractivity contribution is 0.0825. The molecule has 0 saturated carbocycles. The van der Waals surface area contributed by atoms with Crippen LogP contribution < -0.4 is 0 Å². The zero-order valence-corrected chi connectivity index (χ0v) is 9.40. The average Bonchev–Trinajstić information content (AvgIpc) is 2.05. The van der Waals surface area contributed by atoms with Gasteiger partial charge in [-0.05, 0) is 28.2 Å². The van der Waals surface area contributed by atoms with E-state index in [4.69, 9.17) is 10.2 Å². The molecule has 80 valence electrons. The summed E-state index contributed by atoms with van der Waals surface area (Å²) in [5.74, 6) is 0. The van der Waals surface area contributed by atoms with Crippen LogP contribution in [0.15, 0.2) is 0 Å². The van der Waals surface area contributed by atoms with E-state index in [0.717, 1.165) is 4.67 Å². The summed E-state index contributed by atoms with van der Waals surface area (Å²) in [5.41, 5.74) is 0. The molecule has 0 aromatic heterocycles. The summed E-state index contributed by atoms with van der Waals surface area (Å²) in [6.45, 7) is -0.881. The number of hydrogen-bond donors (Lipinski definition) is 2. The van der Waals surface area contributed by atoms with E-state index in [9.17, 15) is 4.57 Å². The van der Waals surface area contributed by atoms with Crippen LogP contribution in [0.4, 0.5) is 0 Å². The van der Waals surface area contributed by atoms with Crippen molar-refractivity contribution in [2.24, 2.45) is 0 Å². The van der Waals surface area contributed by atoms with Crippen molar-refractivity contribution in [3.63, 3.8) is 0 Å². The second-order valence-corrected chi connectivity index (χ2v) is 6.19. The molecule has 2 N–H and O–H groups in total. The summed E-state index contributed by atoms with van der Waals surface area (Å²) in [6.07, 6.45) is 0. The maximum atomic E-state index is 12.2. The number of aliphatic hydroxyl groups excluding tert-OH is 2. The topological polar surface area (TPSA) is 67.3 Å². The predicted octanol–water partition coefficient (Wildman–Crippen LogP) is -0.581. The van der Waals surface area contributed by atoms with E-state index in [1.807, 2.05) is 0 Å². The van der Waals surface area contributed by atoms with Crippen LogP contribution in [-0.2, 0) is 4.57 Å². The van der Waals surface area contributed by atoms with Gasteiger partial charge in [0.05, 0.1) is 0 Å². The molecule has 0 aliphatic carbocycles. The van der Waals surface area contributed by atoms with E-state index < -0.39 is 21.1 Å². The number of rotatable bonds is 5. The fraction of sp³-hybridized carbons (Fsp3) is 1.00. The van der Waals surface area contributed by atoms with Crippen LogP contribution in [0.2, 0.25) is 0 Å². The lowest BCUT2D eigenvalue weighted by atomic mass is 11.1. The zero-order chi connectivity index (χ0) is 10.6. The summed E-state index contributed by atoms with van der Waals surface area (Å²) >= 11 is 0. The number of aliphatic hydroxyl groups is 2. The molecule has 0 unspecified atom stereocenters. The minimum Gasteiger partial charge on any atom is -0.381 e. The fourth-order valence-electron chi connectivity index (χ4n) is 1.07. The van der Waals surface area contributed by atoms with E-state index in [1.165, 1.54) is 9.34 Å². The summed E-state index contributed by atoms with van der Waals surface area (Å²) < 4.78 is 16.3. The van der Waals surface area contributed by atoms with Crippen molar-refractivity contribution >= 4 is 7.59 Å². The Bertz CT molecular complexity index is 182. The van der Waals surface area contributed by atoms with Crippen LogP contribution in [0.5, 0.6) is 0 Å². The van der Waals surface area contributed by atoms with Crippen molar-refractivity contribution in [3.8, 4) is 0 Å². The van der Waals surface area contributed by atoms with Crippen molar-refractivity contribution in [1.82, 2.24) is 14.0 Å².